The van der Waals surface area contributed by atoms with E-state index in [0.29, 0.717) is 19.3 Å². The van der Waals surface area contributed by atoms with Gasteiger partial charge in [-0.2, -0.15) is 0 Å². The topological polar surface area (TPSA) is 78.9 Å². The molecule has 0 saturated heterocycles. The normalized spacial score (nSPS) is 12.7. The van der Waals surface area contributed by atoms with Crippen LogP contribution in [-0.4, -0.2) is 37.2 Å². The molecule has 0 aromatic rings. The van der Waals surface area contributed by atoms with Crippen LogP contribution in [0, 0.1) is 0 Å². The molecule has 0 spiro atoms. The molecule has 0 amide bonds. The number of rotatable bonds is 46. The van der Waals surface area contributed by atoms with E-state index in [2.05, 4.69) is 106 Å². The molecule has 1 atom stereocenters. The Balaban J connectivity index is 4.46. The fourth-order valence-corrected chi connectivity index (χ4v) is 6.85. The van der Waals surface area contributed by atoms with Gasteiger partial charge in [0.2, 0.25) is 0 Å². The van der Waals surface area contributed by atoms with E-state index in [-0.39, 0.29) is 31.1 Å². The number of unbranched alkanes of at least 4 members (excludes halogenated alkanes) is 21. The Hall–Kier alpha value is -3.41. The van der Waals surface area contributed by atoms with Crippen LogP contribution in [0.1, 0.15) is 239 Å². The molecule has 360 valence electrons. The molecule has 6 heteroatoms. The SMILES string of the molecule is CCCC/C=C\CCCCCCCC(=O)OC[C@@H](COC(=O)CCCCC/C=C\C/C=C\C/C=C\C/C=C\CCCCC)OC(=O)CCCCCCC/C=C\C/C=C\CCCCC. The van der Waals surface area contributed by atoms with E-state index in [9.17, 15) is 14.4 Å². The average molecular weight is 877 g/mol. The van der Waals surface area contributed by atoms with Crippen molar-refractivity contribution < 1.29 is 28.6 Å². The highest BCUT2D eigenvalue weighted by atomic mass is 16.6. The first-order chi connectivity index (χ1) is 31.0. The van der Waals surface area contributed by atoms with Crippen LogP contribution in [0.2, 0.25) is 0 Å². The predicted molar refractivity (Wildman–Crippen MR) is 270 cm³/mol. The molecule has 0 bridgehead atoms. The molecule has 0 fully saturated rings. The Morgan fingerprint density at radius 1 is 0.317 bits per heavy atom. The zero-order valence-electron chi connectivity index (χ0n) is 41.1. The van der Waals surface area contributed by atoms with E-state index in [1.54, 1.807) is 0 Å². The van der Waals surface area contributed by atoms with Gasteiger partial charge in [-0.25, -0.2) is 0 Å². The molecule has 0 aliphatic carbocycles. The second kappa shape index (κ2) is 51.2. The lowest BCUT2D eigenvalue weighted by Gasteiger charge is -2.18. The van der Waals surface area contributed by atoms with Gasteiger partial charge in [-0.3, -0.25) is 14.4 Å². The van der Waals surface area contributed by atoms with Crippen molar-refractivity contribution >= 4 is 17.9 Å². The van der Waals surface area contributed by atoms with Crippen molar-refractivity contribution in [3.63, 3.8) is 0 Å². The van der Waals surface area contributed by atoms with Crippen molar-refractivity contribution in [1.29, 1.82) is 0 Å². The highest BCUT2D eigenvalue weighted by molar-refractivity contribution is 5.71. The lowest BCUT2D eigenvalue weighted by Crippen LogP contribution is -2.30. The van der Waals surface area contributed by atoms with E-state index < -0.39 is 6.10 Å². The number of allylic oxidation sites excluding steroid dienone is 14. The van der Waals surface area contributed by atoms with E-state index in [1.165, 1.54) is 77.0 Å². The van der Waals surface area contributed by atoms with E-state index in [1.807, 2.05) is 0 Å². The van der Waals surface area contributed by atoms with Gasteiger partial charge in [-0.15, -0.1) is 0 Å². The van der Waals surface area contributed by atoms with Crippen LogP contribution in [0.4, 0.5) is 0 Å². The largest absolute Gasteiger partial charge is 0.462 e. The first-order valence-electron chi connectivity index (χ1n) is 26.1. The molecule has 0 heterocycles. The van der Waals surface area contributed by atoms with Gasteiger partial charge < -0.3 is 14.2 Å². The summed E-state index contributed by atoms with van der Waals surface area (Å²) in [5, 5.41) is 0. The summed E-state index contributed by atoms with van der Waals surface area (Å²) in [7, 11) is 0. The van der Waals surface area contributed by atoms with Gasteiger partial charge >= 0.3 is 17.9 Å². The van der Waals surface area contributed by atoms with E-state index in [0.717, 1.165) is 122 Å². The van der Waals surface area contributed by atoms with Crippen LogP contribution in [0.3, 0.4) is 0 Å². The molecule has 0 aliphatic rings. The molecule has 0 radical (unpaired) electrons. The monoisotopic (exact) mass is 877 g/mol. The summed E-state index contributed by atoms with van der Waals surface area (Å²) in [6.45, 7) is 6.49. The van der Waals surface area contributed by atoms with E-state index >= 15 is 0 Å². The molecular weight excluding hydrogens is 781 g/mol. The van der Waals surface area contributed by atoms with Crippen LogP contribution in [0.15, 0.2) is 85.1 Å². The summed E-state index contributed by atoms with van der Waals surface area (Å²) in [6.07, 6.45) is 65.6. The maximum Gasteiger partial charge on any atom is 0.306 e. The third-order valence-electron chi connectivity index (χ3n) is 10.8. The number of esters is 3. The molecule has 0 rings (SSSR count). The molecule has 0 N–H and O–H groups in total. The fraction of sp³-hybridized carbons (Fsp3) is 0.702. The average Bonchev–Trinajstić information content (AvgIpc) is 3.28. The van der Waals surface area contributed by atoms with Gasteiger partial charge in [-0.1, -0.05) is 189 Å². The second-order valence-electron chi connectivity index (χ2n) is 17.1. The van der Waals surface area contributed by atoms with Crippen LogP contribution in [0.25, 0.3) is 0 Å². The molecule has 6 nitrogen and oxygen atoms in total. The summed E-state index contributed by atoms with van der Waals surface area (Å²) in [4.78, 5) is 37.9. The number of carbonyl (C=O) groups excluding carboxylic acids is 3. The van der Waals surface area contributed by atoms with Crippen LogP contribution < -0.4 is 0 Å². The Bertz CT molecular complexity index is 1240. The van der Waals surface area contributed by atoms with Gasteiger partial charge in [0.25, 0.3) is 0 Å². The molecule has 0 aliphatic heterocycles. The number of hydrogen-bond donors (Lipinski definition) is 0. The van der Waals surface area contributed by atoms with Crippen LogP contribution >= 0.6 is 0 Å². The molecule has 63 heavy (non-hydrogen) atoms. The van der Waals surface area contributed by atoms with Crippen molar-refractivity contribution in [2.75, 3.05) is 13.2 Å². The highest BCUT2D eigenvalue weighted by Gasteiger charge is 2.19. The van der Waals surface area contributed by atoms with Crippen molar-refractivity contribution in [2.24, 2.45) is 0 Å². The summed E-state index contributed by atoms with van der Waals surface area (Å²) >= 11 is 0. The lowest BCUT2D eigenvalue weighted by atomic mass is 10.1. The minimum atomic E-state index is -0.800. The van der Waals surface area contributed by atoms with Crippen molar-refractivity contribution in [3.05, 3.63) is 85.1 Å². The zero-order chi connectivity index (χ0) is 45.8. The summed E-state index contributed by atoms with van der Waals surface area (Å²) in [6, 6.07) is 0. The van der Waals surface area contributed by atoms with Gasteiger partial charge in [0.05, 0.1) is 0 Å². The first kappa shape index (κ1) is 59.6. The lowest BCUT2D eigenvalue weighted by molar-refractivity contribution is -0.167. The van der Waals surface area contributed by atoms with Crippen LogP contribution in [0.5, 0.6) is 0 Å². The Morgan fingerprint density at radius 2 is 0.587 bits per heavy atom. The van der Waals surface area contributed by atoms with Crippen LogP contribution in [-0.2, 0) is 28.6 Å². The molecule has 0 unspecified atom stereocenters. The smallest absolute Gasteiger partial charge is 0.306 e. The molecule has 0 aromatic heterocycles. The predicted octanol–water partition coefficient (Wildman–Crippen LogP) is 17.2. The molecular formula is C57H96O6. The Morgan fingerprint density at radius 3 is 0.968 bits per heavy atom. The summed E-state index contributed by atoms with van der Waals surface area (Å²) < 4.78 is 16.7. The number of ether oxygens (including phenoxy) is 3. The Labute approximate surface area is 388 Å². The summed E-state index contributed by atoms with van der Waals surface area (Å²) in [5.41, 5.74) is 0. The first-order valence-corrected chi connectivity index (χ1v) is 26.1. The fourth-order valence-electron chi connectivity index (χ4n) is 6.85. The second-order valence-corrected chi connectivity index (χ2v) is 17.1. The maximum absolute atomic E-state index is 12.8. The number of carbonyl (C=O) groups is 3. The van der Waals surface area contributed by atoms with Gasteiger partial charge in [-0.05, 0) is 116 Å². The van der Waals surface area contributed by atoms with Crippen molar-refractivity contribution in [3.8, 4) is 0 Å². The van der Waals surface area contributed by atoms with Gasteiger partial charge in [0.1, 0.15) is 13.2 Å². The number of hydrogen-bond acceptors (Lipinski definition) is 6. The van der Waals surface area contributed by atoms with Gasteiger partial charge in [0.15, 0.2) is 6.10 Å². The summed E-state index contributed by atoms with van der Waals surface area (Å²) in [5.74, 6) is -0.954. The molecule has 0 saturated carbocycles. The standard InChI is InChI=1S/C57H96O6/c1-4-7-10-13-16-19-22-24-26-27-28-29-31-32-35-38-41-44-47-50-56(59)62-53-54(52-61-55(58)49-46-43-40-37-34-21-18-15-12-9-6-3)63-57(60)51-48-45-42-39-36-33-30-25-23-20-17-14-11-8-5-2/h15-20,24-26,28-30,32,35,54H,4-14,21-23,27,31,33-34,36-53H2,1-3H3/b18-15-,19-16-,20-17-,26-24-,29-28-,30-25-,35-32-/t54-/m0/s1. The zero-order valence-corrected chi connectivity index (χ0v) is 41.1. The maximum atomic E-state index is 12.8. The third-order valence-corrected chi connectivity index (χ3v) is 10.8. The van der Waals surface area contributed by atoms with E-state index in [4.69, 9.17) is 14.2 Å². The molecule has 0 aromatic carbocycles. The minimum Gasteiger partial charge on any atom is -0.462 e. The highest BCUT2D eigenvalue weighted by Crippen LogP contribution is 2.13. The quantitative estimate of drug-likeness (QED) is 0.0262. The van der Waals surface area contributed by atoms with Crippen molar-refractivity contribution in [2.45, 2.75) is 245 Å². The Kier molecular flexibility index (Phi) is 48.5. The minimum absolute atomic E-state index is 0.0978. The van der Waals surface area contributed by atoms with Gasteiger partial charge in [0, 0.05) is 19.3 Å². The third kappa shape index (κ3) is 49.5. The van der Waals surface area contributed by atoms with Crippen molar-refractivity contribution in [1.82, 2.24) is 0 Å².